The molecule has 2 heterocycles. The van der Waals surface area contributed by atoms with Crippen LogP contribution in [0.2, 0.25) is 0 Å². The first-order chi connectivity index (χ1) is 15.7. The Balaban J connectivity index is 1.78. The van der Waals surface area contributed by atoms with Gasteiger partial charge in [-0.2, -0.15) is 0 Å². The second-order valence-corrected chi connectivity index (χ2v) is 7.51. The second-order valence-electron chi connectivity index (χ2n) is 7.51. The largest absolute Gasteiger partial charge is 0.422 e. The predicted molar refractivity (Wildman–Crippen MR) is 117 cm³/mol. The molecule has 10 heteroatoms. The lowest BCUT2D eigenvalue weighted by Gasteiger charge is -2.29. The van der Waals surface area contributed by atoms with E-state index in [-0.39, 0.29) is 16.8 Å². The highest BCUT2D eigenvalue weighted by Gasteiger charge is 2.32. The summed E-state index contributed by atoms with van der Waals surface area (Å²) >= 11 is 0. The number of hydrogen-bond donors (Lipinski definition) is 2. The van der Waals surface area contributed by atoms with Crippen molar-refractivity contribution in [2.45, 2.75) is 13.0 Å². The third-order valence-electron chi connectivity index (χ3n) is 5.31. The van der Waals surface area contributed by atoms with Gasteiger partial charge < -0.3 is 20.7 Å². The third-order valence-corrected chi connectivity index (χ3v) is 5.31. The lowest BCUT2D eigenvalue weighted by molar-refractivity contribution is -0.130. The molecular weight excluding hydrogens is 431 g/mol. The van der Waals surface area contributed by atoms with Gasteiger partial charge in [0, 0.05) is 24.7 Å². The molecule has 4 rings (SSSR count). The molecule has 1 aliphatic rings. The zero-order chi connectivity index (χ0) is 23.9. The second kappa shape index (κ2) is 8.23. The van der Waals surface area contributed by atoms with Gasteiger partial charge in [0.1, 0.15) is 11.6 Å². The van der Waals surface area contributed by atoms with Gasteiger partial charge in [0.25, 0.3) is 5.56 Å². The summed E-state index contributed by atoms with van der Waals surface area (Å²) in [7, 11) is 1.47. The number of rotatable bonds is 3. The van der Waals surface area contributed by atoms with Gasteiger partial charge in [-0.15, -0.1) is 0 Å². The maximum Gasteiger partial charge on any atom is 0.343 e. The summed E-state index contributed by atoms with van der Waals surface area (Å²) in [6, 6.07) is 8.78. The number of carbonyl (C=O) groups excluding carboxylic acids is 3. The number of carbonyl (C=O) groups is 3. The first-order valence-corrected chi connectivity index (χ1v) is 9.85. The SMILES string of the molecule is Cc1ccc2c(ccc(=O)n2C(N)=O)c1OC(=O)C1=CN(C)C(=O)NC1c1ccc(F)cc1. The molecule has 0 aliphatic carbocycles. The standard InChI is InChI=1S/C23H19FN4O5/c1-12-3-9-17-15(8-10-18(29)28(17)22(25)31)20(12)33-21(30)16-11-27(2)23(32)26-19(16)13-4-6-14(24)7-5-13/h3-11,19H,1-2H3,(H2,25,31)(H,26,32). The lowest BCUT2D eigenvalue weighted by atomic mass is 9.98. The predicted octanol–water partition coefficient (Wildman–Crippen LogP) is 2.56. The molecule has 2 aromatic carbocycles. The van der Waals surface area contributed by atoms with Gasteiger partial charge in [0.05, 0.1) is 17.1 Å². The fraction of sp³-hybridized carbons (Fsp3) is 0.130. The minimum Gasteiger partial charge on any atom is -0.422 e. The number of halogens is 1. The van der Waals surface area contributed by atoms with Crippen LogP contribution in [0.1, 0.15) is 17.2 Å². The van der Waals surface area contributed by atoms with Crippen molar-refractivity contribution in [2.75, 3.05) is 7.05 Å². The summed E-state index contributed by atoms with van der Waals surface area (Å²) in [5, 5.41) is 3.02. The smallest absolute Gasteiger partial charge is 0.343 e. The van der Waals surface area contributed by atoms with Crippen molar-refractivity contribution in [3.8, 4) is 5.75 Å². The fourth-order valence-corrected chi connectivity index (χ4v) is 3.65. The zero-order valence-corrected chi connectivity index (χ0v) is 17.7. The van der Waals surface area contributed by atoms with Crippen molar-refractivity contribution >= 4 is 28.9 Å². The molecule has 0 radical (unpaired) electrons. The summed E-state index contributed by atoms with van der Waals surface area (Å²) in [6.07, 6.45) is 1.34. The van der Waals surface area contributed by atoms with Gasteiger partial charge in [0.15, 0.2) is 0 Å². The number of nitrogens with two attached hydrogens (primary N) is 1. The minimum atomic E-state index is -0.970. The normalized spacial score (nSPS) is 15.7. The first-order valence-electron chi connectivity index (χ1n) is 9.85. The summed E-state index contributed by atoms with van der Waals surface area (Å²) in [6.45, 7) is 1.70. The molecule has 0 spiro atoms. The Morgan fingerprint density at radius 3 is 2.42 bits per heavy atom. The fourth-order valence-electron chi connectivity index (χ4n) is 3.65. The average Bonchev–Trinajstić information content (AvgIpc) is 2.77. The Labute approximate surface area is 186 Å². The number of hydrogen-bond acceptors (Lipinski definition) is 5. The number of amides is 3. The summed E-state index contributed by atoms with van der Waals surface area (Å²) < 4.78 is 19.9. The number of ether oxygens (including phenoxy) is 1. The number of benzene rings is 2. The van der Waals surface area contributed by atoms with Gasteiger partial charge >= 0.3 is 18.0 Å². The molecule has 1 aliphatic heterocycles. The van der Waals surface area contributed by atoms with Crippen LogP contribution >= 0.6 is 0 Å². The van der Waals surface area contributed by atoms with E-state index < -0.39 is 35.4 Å². The van der Waals surface area contributed by atoms with E-state index in [0.717, 1.165) is 10.6 Å². The highest BCUT2D eigenvalue weighted by molar-refractivity contribution is 5.99. The molecule has 0 fully saturated rings. The Kier molecular flexibility index (Phi) is 5.42. The van der Waals surface area contributed by atoms with Crippen LogP contribution in [0.3, 0.4) is 0 Å². The number of nitrogens with zero attached hydrogens (tertiary/aromatic N) is 2. The van der Waals surface area contributed by atoms with E-state index in [4.69, 9.17) is 10.5 Å². The quantitative estimate of drug-likeness (QED) is 0.469. The number of nitrogens with one attached hydrogen (secondary N) is 1. The molecule has 1 atom stereocenters. The highest BCUT2D eigenvalue weighted by atomic mass is 19.1. The summed E-state index contributed by atoms with van der Waals surface area (Å²) in [5.74, 6) is -1.10. The summed E-state index contributed by atoms with van der Waals surface area (Å²) in [5.41, 5.74) is 6.06. The van der Waals surface area contributed by atoms with Gasteiger partial charge in [-0.3, -0.25) is 4.79 Å². The molecule has 3 amide bonds. The molecule has 1 unspecified atom stereocenters. The van der Waals surface area contributed by atoms with Crippen LogP contribution in [0.15, 0.2) is 65.1 Å². The third kappa shape index (κ3) is 3.93. The van der Waals surface area contributed by atoms with Gasteiger partial charge in [-0.1, -0.05) is 18.2 Å². The van der Waals surface area contributed by atoms with E-state index in [9.17, 15) is 23.6 Å². The average molecular weight is 450 g/mol. The lowest BCUT2D eigenvalue weighted by Crippen LogP contribution is -2.44. The zero-order valence-electron chi connectivity index (χ0n) is 17.7. The van der Waals surface area contributed by atoms with Crippen LogP contribution in [0.5, 0.6) is 5.75 Å². The number of urea groups is 1. The van der Waals surface area contributed by atoms with Crippen LogP contribution < -0.4 is 21.3 Å². The number of pyridine rings is 1. The van der Waals surface area contributed by atoms with Crippen molar-refractivity contribution in [1.29, 1.82) is 0 Å². The molecule has 3 N–H and O–H groups in total. The maximum atomic E-state index is 13.4. The van der Waals surface area contributed by atoms with Crippen LogP contribution in [0, 0.1) is 12.7 Å². The van der Waals surface area contributed by atoms with Crippen molar-refractivity contribution in [3.63, 3.8) is 0 Å². The van der Waals surface area contributed by atoms with Crippen molar-refractivity contribution in [3.05, 3.63) is 87.6 Å². The Morgan fingerprint density at radius 2 is 1.76 bits per heavy atom. The van der Waals surface area contributed by atoms with Gasteiger partial charge in [-0.25, -0.2) is 23.3 Å². The topological polar surface area (TPSA) is 124 Å². The number of fused-ring (bicyclic) bond motifs is 1. The van der Waals surface area contributed by atoms with Crippen LogP contribution in [-0.2, 0) is 4.79 Å². The van der Waals surface area contributed by atoms with E-state index in [0.29, 0.717) is 16.5 Å². The molecule has 0 saturated carbocycles. The molecule has 168 valence electrons. The Bertz CT molecular complexity index is 1390. The van der Waals surface area contributed by atoms with Crippen molar-refractivity contribution < 1.29 is 23.5 Å². The van der Waals surface area contributed by atoms with Crippen molar-refractivity contribution in [1.82, 2.24) is 14.8 Å². The van der Waals surface area contributed by atoms with Crippen LogP contribution in [0.4, 0.5) is 14.0 Å². The summed E-state index contributed by atoms with van der Waals surface area (Å²) in [4.78, 5) is 50.5. The maximum absolute atomic E-state index is 13.4. The molecule has 3 aromatic rings. The van der Waals surface area contributed by atoms with Gasteiger partial charge in [-0.05, 0) is 42.3 Å². The molecule has 33 heavy (non-hydrogen) atoms. The van der Waals surface area contributed by atoms with E-state index >= 15 is 0 Å². The molecule has 0 bridgehead atoms. The van der Waals surface area contributed by atoms with Crippen molar-refractivity contribution in [2.24, 2.45) is 5.73 Å². The highest BCUT2D eigenvalue weighted by Crippen LogP contribution is 2.32. The van der Waals surface area contributed by atoms with E-state index in [1.54, 1.807) is 13.0 Å². The van der Waals surface area contributed by atoms with Crippen LogP contribution in [-0.4, -0.2) is 34.5 Å². The number of aryl methyl sites for hydroxylation is 1. The van der Waals surface area contributed by atoms with Gasteiger partial charge in [0.2, 0.25) is 0 Å². The molecule has 9 nitrogen and oxygen atoms in total. The van der Waals surface area contributed by atoms with E-state index in [1.165, 1.54) is 54.5 Å². The number of primary amides is 1. The Morgan fingerprint density at radius 1 is 1.06 bits per heavy atom. The number of aromatic nitrogens is 1. The molecule has 1 aromatic heterocycles. The molecule has 0 saturated heterocycles. The monoisotopic (exact) mass is 450 g/mol. The molecular formula is C23H19FN4O5. The van der Waals surface area contributed by atoms with E-state index in [1.807, 2.05) is 0 Å². The first kappa shape index (κ1) is 21.8. The minimum absolute atomic E-state index is 0.100. The Hall–Kier alpha value is -4.47. The van der Waals surface area contributed by atoms with Crippen LogP contribution in [0.25, 0.3) is 10.9 Å². The number of esters is 1. The van der Waals surface area contributed by atoms with E-state index in [2.05, 4.69) is 5.32 Å².